The number of allylic oxidation sites excluding steroid dienone is 1. The number of amides is 2. The van der Waals surface area contributed by atoms with Crippen molar-refractivity contribution in [2.24, 2.45) is 17.8 Å². The van der Waals surface area contributed by atoms with E-state index in [2.05, 4.69) is 0 Å². The molecule has 39 heavy (non-hydrogen) atoms. The first-order valence-corrected chi connectivity index (χ1v) is 13.7. The number of fused-ring (bicyclic) bond motifs is 1. The monoisotopic (exact) mass is 533 g/mol. The van der Waals surface area contributed by atoms with Gasteiger partial charge in [-0.1, -0.05) is 43.3 Å². The fourth-order valence-electron chi connectivity index (χ4n) is 6.29. The second-order valence-electron chi connectivity index (χ2n) is 10.8. The van der Waals surface area contributed by atoms with Gasteiger partial charge in [0.05, 0.1) is 31.2 Å². The van der Waals surface area contributed by atoms with E-state index in [1.54, 1.807) is 0 Å². The highest BCUT2D eigenvalue weighted by atomic mass is 16.3. The molecule has 4 N–H and O–H groups in total. The Morgan fingerprint density at radius 3 is 2.33 bits per heavy atom. The third-order valence-electron chi connectivity index (χ3n) is 8.16. The van der Waals surface area contributed by atoms with Gasteiger partial charge in [0.25, 0.3) is 0 Å². The van der Waals surface area contributed by atoms with Gasteiger partial charge >= 0.3 is 0 Å². The highest BCUT2D eigenvalue weighted by molar-refractivity contribution is 6.05. The number of carbonyl (C=O) groups excluding carboxylic acids is 2. The second-order valence-corrected chi connectivity index (χ2v) is 10.8. The first-order valence-electron chi connectivity index (χ1n) is 13.7. The molecule has 2 aromatic rings. The summed E-state index contributed by atoms with van der Waals surface area (Å²) in [6.45, 7) is 5.22. The lowest BCUT2D eigenvalue weighted by molar-refractivity contribution is -0.140. The molecule has 0 radical (unpaired) electrons. The predicted octanol–water partition coefficient (Wildman–Crippen LogP) is 4.00. The Labute approximate surface area is 230 Å². The SMILES string of the molecule is CCCN1C(=O)[C@@H]2[C@@H](CC(CO)=C([C@H](O)CC/C(=C/c3cc(C)c(O)c(C)c3)c3ccccc3)[C@@H]2CO)C1=O. The van der Waals surface area contributed by atoms with Crippen molar-refractivity contribution in [1.82, 2.24) is 4.90 Å². The Morgan fingerprint density at radius 1 is 1.08 bits per heavy atom. The van der Waals surface area contributed by atoms with Crippen LogP contribution >= 0.6 is 0 Å². The van der Waals surface area contributed by atoms with Gasteiger partial charge in [0.1, 0.15) is 5.75 Å². The summed E-state index contributed by atoms with van der Waals surface area (Å²) in [6.07, 6.45) is 2.71. The van der Waals surface area contributed by atoms with Crippen LogP contribution in [0.4, 0.5) is 0 Å². The lowest BCUT2D eigenvalue weighted by Crippen LogP contribution is -2.39. The summed E-state index contributed by atoms with van der Waals surface area (Å²) in [5, 5.41) is 42.2. The molecule has 0 bridgehead atoms. The number of nitrogens with zero attached hydrogens (tertiary/aromatic N) is 1. The number of rotatable bonds is 10. The van der Waals surface area contributed by atoms with Crippen molar-refractivity contribution in [3.63, 3.8) is 0 Å². The van der Waals surface area contributed by atoms with E-state index in [1.165, 1.54) is 4.90 Å². The fourth-order valence-corrected chi connectivity index (χ4v) is 6.29. The minimum atomic E-state index is -0.997. The molecule has 208 valence electrons. The number of benzene rings is 2. The van der Waals surface area contributed by atoms with Crippen LogP contribution in [0.3, 0.4) is 0 Å². The summed E-state index contributed by atoms with van der Waals surface area (Å²) >= 11 is 0. The van der Waals surface area contributed by atoms with Crippen molar-refractivity contribution in [1.29, 1.82) is 0 Å². The van der Waals surface area contributed by atoms with Gasteiger partial charge in [0.15, 0.2) is 0 Å². The van der Waals surface area contributed by atoms with Crippen molar-refractivity contribution in [2.75, 3.05) is 19.8 Å². The van der Waals surface area contributed by atoms with Gasteiger partial charge in [-0.3, -0.25) is 14.5 Å². The number of hydrogen-bond donors (Lipinski definition) is 4. The number of phenolic OH excluding ortho intramolecular Hbond substituents is 1. The largest absolute Gasteiger partial charge is 0.507 e. The maximum atomic E-state index is 13.2. The quantitative estimate of drug-likeness (QED) is 0.208. The maximum Gasteiger partial charge on any atom is 0.233 e. The summed E-state index contributed by atoms with van der Waals surface area (Å²) < 4.78 is 0. The number of aliphatic hydroxyl groups is 3. The van der Waals surface area contributed by atoms with Crippen molar-refractivity contribution in [3.05, 3.63) is 75.9 Å². The summed E-state index contributed by atoms with van der Waals surface area (Å²) in [7, 11) is 0. The van der Waals surface area contributed by atoms with Crippen LogP contribution in [-0.2, 0) is 9.59 Å². The normalized spacial score (nSPS) is 22.5. The van der Waals surface area contributed by atoms with Crippen LogP contribution in [0.25, 0.3) is 11.6 Å². The van der Waals surface area contributed by atoms with E-state index in [-0.39, 0.29) is 37.2 Å². The Balaban J connectivity index is 1.64. The minimum Gasteiger partial charge on any atom is -0.507 e. The van der Waals surface area contributed by atoms with Gasteiger partial charge in [0, 0.05) is 12.5 Å². The second kappa shape index (κ2) is 12.3. The number of aliphatic hydroxyl groups excluding tert-OH is 3. The summed E-state index contributed by atoms with van der Waals surface area (Å²) in [5.74, 6) is -2.32. The topological polar surface area (TPSA) is 118 Å². The Hall–Kier alpha value is -3.26. The summed E-state index contributed by atoms with van der Waals surface area (Å²) in [5.41, 5.74) is 5.51. The molecular weight excluding hydrogens is 494 g/mol. The van der Waals surface area contributed by atoms with E-state index in [0.29, 0.717) is 37.0 Å². The standard InChI is InChI=1S/C32H39NO6/c1-4-12-33-31(38)25-16-24(17-34)28(26(18-35)29(25)32(33)39)27(36)11-10-23(22-8-6-5-7-9-22)15-21-13-19(2)30(37)20(3)14-21/h5-9,13-15,25-27,29,34-37H,4,10-12,16-18H2,1-3H3/b23-15-/t25-,26+,27-,29-/m1/s1. The van der Waals surface area contributed by atoms with Crippen LogP contribution in [0.5, 0.6) is 5.75 Å². The summed E-state index contributed by atoms with van der Waals surface area (Å²) in [4.78, 5) is 27.5. The molecule has 7 heteroatoms. The average molecular weight is 534 g/mol. The predicted molar refractivity (Wildman–Crippen MR) is 150 cm³/mol. The number of phenols is 1. The zero-order valence-electron chi connectivity index (χ0n) is 22.9. The molecule has 1 aliphatic heterocycles. The third kappa shape index (κ3) is 5.71. The van der Waals surface area contributed by atoms with Crippen LogP contribution < -0.4 is 0 Å². The van der Waals surface area contributed by atoms with Crippen LogP contribution in [0, 0.1) is 31.6 Å². The van der Waals surface area contributed by atoms with Gasteiger partial charge < -0.3 is 20.4 Å². The van der Waals surface area contributed by atoms with E-state index >= 15 is 0 Å². The Kier molecular flexibility index (Phi) is 9.05. The van der Waals surface area contributed by atoms with Crippen LogP contribution in [-0.4, -0.2) is 63.0 Å². The van der Waals surface area contributed by atoms with Crippen molar-refractivity contribution in [3.8, 4) is 5.75 Å². The smallest absolute Gasteiger partial charge is 0.233 e. The lowest BCUT2D eigenvalue weighted by Gasteiger charge is -2.36. The molecular formula is C32H39NO6. The molecule has 0 spiro atoms. The van der Waals surface area contributed by atoms with Gasteiger partial charge in [-0.2, -0.15) is 0 Å². The first-order chi connectivity index (χ1) is 18.7. The van der Waals surface area contributed by atoms with Crippen molar-refractivity contribution < 1.29 is 30.0 Å². The van der Waals surface area contributed by atoms with Gasteiger partial charge in [-0.25, -0.2) is 0 Å². The van der Waals surface area contributed by atoms with E-state index in [1.807, 2.05) is 69.3 Å². The highest BCUT2D eigenvalue weighted by Gasteiger charge is 2.54. The van der Waals surface area contributed by atoms with Gasteiger partial charge in [-0.15, -0.1) is 0 Å². The molecule has 2 amide bonds. The van der Waals surface area contributed by atoms with E-state index in [0.717, 1.165) is 27.8 Å². The number of likely N-dealkylation sites (tertiary alicyclic amines) is 1. The fraction of sp³-hybridized carbons (Fsp3) is 0.438. The van der Waals surface area contributed by atoms with E-state index in [4.69, 9.17) is 0 Å². The van der Waals surface area contributed by atoms with Gasteiger partial charge in [0.2, 0.25) is 11.8 Å². The molecule has 2 aliphatic rings. The Bertz CT molecular complexity index is 1260. The van der Waals surface area contributed by atoms with E-state index < -0.39 is 23.9 Å². The molecule has 2 aromatic carbocycles. The lowest BCUT2D eigenvalue weighted by atomic mass is 9.68. The molecule has 1 saturated heterocycles. The first kappa shape index (κ1) is 28.7. The number of aryl methyl sites for hydroxylation is 2. The molecule has 1 fully saturated rings. The molecule has 0 aromatic heterocycles. The zero-order chi connectivity index (χ0) is 28.3. The maximum absolute atomic E-state index is 13.2. The van der Waals surface area contributed by atoms with Crippen LogP contribution in [0.1, 0.15) is 54.9 Å². The average Bonchev–Trinajstić information content (AvgIpc) is 3.17. The highest BCUT2D eigenvalue weighted by Crippen LogP contribution is 2.46. The molecule has 0 saturated carbocycles. The molecule has 1 aliphatic carbocycles. The molecule has 4 atom stereocenters. The minimum absolute atomic E-state index is 0.211. The van der Waals surface area contributed by atoms with Crippen LogP contribution in [0.2, 0.25) is 0 Å². The van der Waals surface area contributed by atoms with Crippen LogP contribution in [0.15, 0.2) is 53.6 Å². The molecule has 7 nitrogen and oxygen atoms in total. The Morgan fingerprint density at radius 2 is 1.74 bits per heavy atom. The number of aromatic hydroxyl groups is 1. The zero-order valence-corrected chi connectivity index (χ0v) is 22.9. The summed E-state index contributed by atoms with van der Waals surface area (Å²) in [6, 6.07) is 13.7. The third-order valence-corrected chi connectivity index (χ3v) is 8.16. The van der Waals surface area contributed by atoms with Crippen molar-refractivity contribution >= 4 is 23.5 Å². The van der Waals surface area contributed by atoms with E-state index in [9.17, 15) is 30.0 Å². The van der Waals surface area contributed by atoms with Crippen molar-refractivity contribution in [2.45, 2.75) is 52.6 Å². The molecule has 1 heterocycles. The number of imide groups is 1. The molecule has 4 rings (SSSR count). The number of hydrogen-bond acceptors (Lipinski definition) is 6. The molecule has 0 unspecified atom stereocenters. The van der Waals surface area contributed by atoms with Gasteiger partial charge in [-0.05, 0) is 90.6 Å². The number of carbonyl (C=O) groups is 2.